The molecule has 0 aliphatic rings. The normalized spacial score (nSPS) is 11.7. The Morgan fingerprint density at radius 2 is 1.83 bits per heavy atom. The molecule has 118 valence electrons. The average Bonchev–Trinajstić information content (AvgIpc) is 2.90. The Morgan fingerprint density at radius 1 is 1.13 bits per heavy atom. The van der Waals surface area contributed by atoms with E-state index in [1.165, 1.54) is 16.9 Å². The minimum absolute atomic E-state index is 0.0682. The molecule has 0 aliphatic carbocycles. The van der Waals surface area contributed by atoms with Gasteiger partial charge in [0.1, 0.15) is 5.52 Å². The number of halogens is 1. The fraction of sp³-hybridized carbons (Fsp3) is 0.222. The molecule has 3 rings (SSSR count). The molecule has 1 aromatic heterocycles. The SMILES string of the molecule is CC(C)(C)c1ccc(C(=O)Nc2nc3c(Cl)cccc3s2)cc1. The number of carbonyl (C=O) groups is 1. The van der Waals surface area contributed by atoms with Crippen molar-refractivity contribution in [2.24, 2.45) is 0 Å². The molecule has 3 aromatic rings. The molecule has 2 aromatic carbocycles. The minimum Gasteiger partial charge on any atom is -0.298 e. The molecule has 0 saturated heterocycles. The third-order valence-electron chi connectivity index (χ3n) is 3.60. The van der Waals surface area contributed by atoms with Gasteiger partial charge >= 0.3 is 0 Å². The van der Waals surface area contributed by atoms with E-state index in [2.05, 4.69) is 31.1 Å². The zero-order valence-electron chi connectivity index (χ0n) is 13.2. The van der Waals surface area contributed by atoms with Crippen LogP contribution >= 0.6 is 22.9 Å². The van der Waals surface area contributed by atoms with Gasteiger partial charge in [0.2, 0.25) is 0 Å². The molecule has 0 unspecified atom stereocenters. The predicted molar refractivity (Wildman–Crippen MR) is 97.7 cm³/mol. The maximum absolute atomic E-state index is 12.4. The second-order valence-corrected chi connectivity index (χ2v) is 7.82. The van der Waals surface area contributed by atoms with Crippen molar-refractivity contribution in [2.45, 2.75) is 26.2 Å². The Balaban J connectivity index is 1.81. The van der Waals surface area contributed by atoms with Gasteiger partial charge in [-0.05, 0) is 35.2 Å². The first-order valence-electron chi connectivity index (χ1n) is 7.31. The van der Waals surface area contributed by atoms with Crippen LogP contribution < -0.4 is 5.32 Å². The van der Waals surface area contributed by atoms with Crippen LogP contribution in [0.25, 0.3) is 10.2 Å². The van der Waals surface area contributed by atoms with Gasteiger partial charge in [0.05, 0.1) is 9.72 Å². The molecule has 0 saturated carbocycles. The number of hydrogen-bond acceptors (Lipinski definition) is 3. The molecular formula is C18H17ClN2OS. The molecule has 0 atom stereocenters. The van der Waals surface area contributed by atoms with Crippen molar-refractivity contribution in [1.29, 1.82) is 0 Å². The number of benzene rings is 2. The van der Waals surface area contributed by atoms with E-state index in [1.54, 1.807) is 6.07 Å². The minimum atomic E-state index is -0.166. The van der Waals surface area contributed by atoms with E-state index in [-0.39, 0.29) is 11.3 Å². The Kier molecular flexibility index (Phi) is 4.13. The van der Waals surface area contributed by atoms with Gasteiger partial charge in [-0.15, -0.1) is 0 Å². The monoisotopic (exact) mass is 344 g/mol. The Bertz CT molecular complexity index is 863. The van der Waals surface area contributed by atoms with Crippen molar-refractivity contribution in [3.8, 4) is 0 Å². The predicted octanol–water partition coefficient (Wildman–Crippen LogP) is 5.50. The summed E-state index contributed by atoms with van der Waals surface area (Å²) in [5, 5.41) is 3.99. The maximum Gasteiger partial charge on any atom is 0.257 e. The van der Waals surface area contributed by atoms with Gasteiger partial charge in [-0.2, -0.15) is 0 Å². The number of rotatable bonds is 2. The highest BCUT2D eigenvalue weighted by atomic mass is 35.5. The fourth-order valence-electron chi connectivity index (χ4n) is 2.26. The summed E-state index contributed by atoms with van der Waals surface area (Å²) in [4.78, 5) is 16.7. The summed E-state index contributed by atoms with van der Waals surface area (Å²) < 4.78 is 0.955. The lowest BCUT2D eigenvalue weighted by Gasteiger charge is -2.18. The highest BCUT2D eigenvalue weighted by Crippen LogP contribution is 2.31. The Morgan fingerprint density at radius 3 is 2.43 bits per heavy atom. The molecule has 1 heterocycles. The van der Waals surface area contributed by atoms with Gasteiger partial charge in [0, 0.05) is 5.56 Å². The molecule has 0 radical (unpaired) electrons. The molecule has 3 nitrogen and oxygen atoms in total. The van der Waals surface area contributed by atoms with Crippen LogP contribution in [-0.4, -0.2) is 10.9 Å². The number of aromatic nitrogens is 1. The topological polar surface area (TPSA) is 42.0 Å². The number of para-hydroxylation sites is 1. The first-order valence-corrected chi connectivity index (χ1v) is 8.51. The van der Waals surface area contributed by atoms with Gasteiger partial charge in [-0.1, -0.05) is 61.9 Å². The summed E-state index contributed by atoms with van der Waals surface area (Å²) in [7, 11) is 0. The molecule has 0 fully saturated rings. The molecule has 0 aliphatic heterocycles. The van der Waals surface area contributed by atoms with Crippen LogP contribution in [0.15, 0.2) is 42.5 Å². The summed E-state index contributed by atoms with van der Waals surface area (Å²) in [6.45, 7) is 6.44. The summed E-state index contributed by atoms with van der Waals surface area (Å²) >= 11 is 7.53. The standard InChI is InChI=1S/C18H17ClN2OS/c1-18(2,3)12-9-7-11(8-10-12)16(22)21-17-20-15-13(19)5-4-6-14(15)23-17/h4-10H,1-3H3,(H,20,21,22). The quantitative estimate of drug-likeness (QED) is 0.667. The number of fused-ring (bicyclic) bond motifs is 1. The molecule has 1 N–H and O–H groups in total. The lowest BCUT2D eigenvalue weighted by Crippen LogP contribution is -2.14. The van der Waals surface area contributed by atoms with Gasteiger partial charge < -0.3 is 0 Å². The largest absolute Gasteiger partial charge is 0.298 e. The zero-order chi connectivity index (χ0) is 16.6. The van der Waals surface area contributed by atoms with Crippen LogP contribution in [0, 0.1) is 0 Å². The second kappa shape index (κ2) is 5.95. The van der Waals surface area contributed by atoms with Crippen LogP contribution in [0.4, 0.5) is 5.13 Å². The average molecular weight is 345 g/mol. The first-order chi connectivity index (χ1) is 10.8. The van der Waals surface area contributed by atoms with Gasteiger partial charge in [0.15, 0.2) is 5.13 Å². The first kappa shape index (κ1) is 16.0. The molecule has 1 amide bonds. The third-order valence-corrected chi connectivity index (χ3v) is 4.84. The van der Waals surface area contributed by atoms with Gasteiger partial charge in [-0.3, -0.25) is 10.1 Å². The molecule has 23 heavy (non-hydrogen) atoms. The number of anilines is 1. The highest BCUT2D eigenvalue weighted by Gasteiger charge is 2.15. The Labute approximate surface area is 144 Å². The number of hydrogen-bond donors (Lipinski definition) is 1. The zero-order valence-corrected chi connectivity index (χ0v) is 14.8. The van der Waals surface area contributed by atoms with E-state index in [4.69, 9.17) is 11.6 Å². The van der Waals surface area contributed by atoms with Gasteiger partial charge in [0.25, 0.3) is 5.91 Å². The number of nitrogens with one attached hydrogen (secondary N) is 1. The Hall–Kier alpha value is -1.91. The molecule has 5 heteroatoms. The highest BCUT2D eigenvalue weighted by molar-refractivity contribution is 7.22. The fourth-order valence-corrected chi connectivity index (χ4v) is 3.42. The molecular weight excluding hydrogens is 328 g/mol. The lowest BCUT2D eigenvalue weighted by molar-refractivity contribution is 0.102. The summed E-state index contributed by atoms with van der Waals surface area (Å²) in [6.07, 6.45) is 0. The van der Waals surface area contributed by atoms with Crippen molar-refractivity contribution >= 4 is 44.2 Å². The second-order valence-electron chi connectivity index (χ2n) is 6.39. The number of nitrogens with zero attached hydrogens (tertiary/aromatic N) is 1. The van der Waals surface area contributed by atoms with E-state index >= 15 is 0 Å². The van der Waals surface area contributed by atoms with Gasteiger partial charge in [-0.25, -0.2) is 4.98 Å². The van der Waals surface area contributed by atoms with Crippen LogP contribution in [-0.2, 0) is 5.41 Å². The third kappa shape index (κ3) is 3.38. The van der Waals surface area contributed by atoms with Crippen molar-refractivity contribution in [3.05, 3.63) is 58.6 Å². The van der Waals surface area contributed by atoms with Crippen molar-refractivity contribution in [3.63, 3.8) is 0 Å². The van der Waals surface area contributed by atoms with E-state index in [9.17, 15) is 4.79 Å². The molecule has 0 spiro atoms. The summed E-state index contributed by atoms with van der Waals surface area (Å²) in [5.41, 5.74) is 2.60. The van der Waals surface area contributed by atoms with Crippen LogP contribution in [0.3, 0.4) is 0 Å². The van der Waals surface area contributed by atoms with Crippen molar-refractivity contribution < 1.29 is 4.79 Å². The summed E-state index contributed by atoms with van der Waals surface area (Å²) in [5.74, 6) is -0.166. The van der Waals surface area contributed by atoms with Crippen LogP contribution in [0.2, 0.25) is 5.02 Å². The summed E-state index contributed by atoms with van der Waals surface area (Å²) in [6, 6.07) is 13.3. The molecule has 0 bridgehead atoms. The van der Waals surface area contributed by atoms with Crippen molar-refractivity contribution in [2.75, 3.05) is 5.32 Å². The smallest absolute Gasteiger partial charge is 0.257 e. The van der Waals surface area contributed by atoms with E-state index in [0.29, 0.717) is 15.7 Å². The van der Waals surface area contributed by atoms with Crippen LogP contribution in [0.1, 0.15) is 36.7 Å². The van der Waals surface area contributed by atoms with E-state index in [0.717, 1.165) is 10.2 Å². The maximum atomic E-state index is 12.4. The van der Waals surface area contributed by atoms with Crippen molar-refractivity contribution in [1.82, 2.24) is 4.98 Å². The lowest BCUT2D eigenvalue weighted by atomic mass is 9.87. The van der Waals surface area contributed by atoms with E-state index in [1.807, 2.05) is 36.4 Å². The number of amides is 1. The number of carbonyl (C=O) groups excluding carboxylic acids is 1. The van der Waals surface area contributed by atoms with Crippen LogP contribution in [0.5, 0.6) is 0 Å². The number of thiazole rings is 1. The van der Waals surface area contributed by atoms with E-state index < -0.39 is 0 Å².